The van der Waals surface area contributed by atoms with E-state index in [4.69, 9.17) is 0 Å². The Kier molecular flexibility index (Phi) is 11.4. The predicted molar refractivity (Wildman–Crippen MR) is 122 cm³/mol. The van der Waals surface area contributed by atoms with Crippen LogP contribution in [0.4, 0.5) is 0 Å². The molecule has 0 radical (unpaired) electrons. The van der Waals surface area contributed by atoms with Crippen LogP contribution in [0.2, 0.25) is 0 Å². The predicted octanol–water partition coefficient (Wildman–Crippen LogP) is 6.56. The molecule has 2 rings (SSSR count). The minimum atomic E-state index is -0.381. The molecule has 3 heteroatoms. The molecule has 1 N–H and O–H groups in total. The summed E-state index contributed by atoms with van der Waals surface area (Å²) in [5.74, 6) is 0. The number of unbranched alkanes of at least 4 members (excludes halogenated alkanes) is 10. The van der Waals surface area contributed by atoms with Crippen LogP contribution in [-0.4, -0.2) is 29.3 Å². The molecule has 1 aromatic carbocycles. The lowest BCUT2D eigenvalue weighted by Crippen LogP contribution is -2.46. The quantitative estimate of drug-likeness (QED) is 0.361. The zero-order chi connectivity index (χ0) is 20.8. The third kappa shape index (κ3) is 8.11. The van der Waals surface area contributed by atoms with Crippen molar-refractivity contribution in [2.75, 3.05) is 13.1 Å². The van der Waals surface area contributed by atoms with Crippen LogP contribution in [0, 0.1) is 11.3 Å². The van der Waals surface area contributed by atoms with Crippen molar-refractivity contribution < 1.29 is 5.11 Å². The third-order valence-electron chi connectivity index (χ3n) is 6.68. The van der Waals surface area contributed by atoms with E-state index in [1.807, 2.05) is 18.2 Å². The number of aliphatic hydroxyl groups excluding tert-OH is 1. The number of benzene rings is 1. The summed E-state index contributed by atoms with van der Waals surface area (Å²) in [6, 6.07) is 12.7. The highest BCUT2D eigenvalue weighted by Crippen LogP contribution is 2.35. The molecule has 0 aliphatic carbocycles. The molecule has 162 valence electrons. The Bertz CT molecular complexity index is 572. The average molecular weight is 399 g/mol. The van der Waals surface area contributed by atoms with Gasteiger partial charge in [0.25, 0.3) is 0 Å². The molecule has 1 heterocycles. The Labute approximate surface area is 179 Å². The second kappa shape index (κ2) is 13.8. The van der Waals surface area contributed by atoms with Crippen molar-refractivity contribution in [1.29, 1.82) is 5.26 Å². The Morgan fingerprint density at radius 3 is 1.93 bits per heavy atom. The van der Waals surface area contributed by atoms with Gasteiger partial charge in [0.1, 0.15) is 6.23 Å². The van der Waals surface area contributed by atoms with Gasteiger partial charge in [-0.25, -0.2) is 0 Å². The fourth-order valence-electron chi connectivity index (χ4n) is 4.60. The van der Waals surface area contributed by atoms with Crippen LogP contribution in [-0.2, 0) is 5.41 Å². The smallest absolute Gasteiger partial charge is 0.107 e. The molecule has 0 saturated carbocycles. The van der Waals surface area contributed by atoms with Crippen LogP contribution in [0.5, 0.6) is 0 Å². The first-order valence-corrected chi connectivity index (χ1v) is 12.1. The van der Waals surface area contributed by atoms with E-state index in [1.165, 1.54) is 64.2 Å². The monoisotopic (exact) mass is 398 g/mol. The number of hydrogen-bond acceptors (Lipinski definition) is 3. The van der Waals surface area contributed by atoms with Crippen LogP contribution in [0.1, 0.15) is 102 Å². The maximum Gasteiger partial charge on any atom is 0.107 e. The Morgan fingerprint density at radius 2 is 1.41 bits per heavy atom. The minimum Gasteiger partial charge on any atom is -0.378 e. The maximum atomic E-state index is 10.6. The number of aliphatic hydroxyl groups is 1. The van der Waals surface area contributed by atoms with Gasteiger partial charge in [-0.15, -0.1) is 0 Å². The zero-order valence-corrected chi connectivity index (χ0v) is 18.6. The van der Waals surface area contributed by atoms with Crippen LogP contribution in [0.25, 0.3) is 0 Å². The van der Waals surface area contributed by atoms with Gasteiger partial charge in [0.2, 0.25) is 0 Å². The highest BCUT2D eigenvalue weighted by Gasteiger charge is 2.37. The van der Waals surface area contributed by atoms with Crippen molar-refractivity contribution in [3.63, 3.8) is 0 Å². The van der Waals surface area contributed by atoms with E-state index >= 15 is 0 Å². The lowest BCUT2D eigenvalue weighted by molar-refractivity contribution is -0.0230. The topological polar surface area (TPSA) is 47.3 Å². The molecule has 1 atom stereocenters. The van der Waals surface area contributed by atoms with E-state index in [2.05, 4.69) is 30.0 Å². The molecule has 0 aromatic heterocycles. The number of nitrogens with zero attached hydrogens (tertiary/aromatic N) is 2. The molecule has 0 amide bonds. The first-order chi connectivity index (χ1) is 14.2. The van der Waals surface area contributed by atoms with E-state index in [1.54, 1.807) is 0 Å². The molecule has 1 aliphatic heterocycles. The summed E-state index contributed by atoms with van der Waals surface area (Å²) in [6.07, 6.45) is 16.8. The van der Waals surface area contributed by atoms with Crippen molar-refractivity contribution in [2.24, 2.45) is 0 Å². The third-order valence-corrected chi connectivity index (χ3v) is 6.68. The van der Waals surface area contributed by atoms with Gasteiger partial charge in [0, 0.05) is 13.1 Å². The summed E-state index contributed by atoms with van der Waals surface area (Å²) < 4.78 is 0. The van der Waals surface area contributed by atoms with Gasteiger partial charge in [-0.3, -0.25) is 4.90 Å². The normalized spacial score (nSPS) is 17.7. The van der Waals surface area contributed by atoms with Gasteiger partial charge in [-0.05, 0) is 31.2 Å². The van der Waals surface area contributed by atoms with Gasteiger partial charge in [0.05, 0.1) is 11.5 Å². The number of rotatable bonds is 14. The summed E-state index contributed by atoms with van der Waals surface area (Å²) in [4.78, 5) is 2.18. The van der Waals surface area contributed by atoms with E-state index in [0.717, 1.165) is 44.3 Å². The minimum absolute atomic E-state index is 0.346. The first-order valence-electron chi connectivity index (χ1n) is 12.1. The van der Waals surface area contributed by atoms with Crippen LogP contribution in [0.15, 0.2) is 30.3 Å². The molecule has 1 aliphatic rings. The number of piperidine rings is 1. The van der Waals surface area contributed by atoms with E-state index < -0.39 is 0 Å². The molecule has 1 saturated heterocycles. The Hall–Kier alpha value is -1.37. The fourth-order valence-corrected chi connectivity index (χ4v) is 4.60. The molecule has 29 heavy (non-hydrogen) atoms. The molecule has 1 unspecified atom stereocenters. The Morgan fingerprint density at radius 1 is 0.897 bits per heavy atom. The van der Waals surface area contributed by atoms with Crippen molar-refractivity contribution in [3.8, 4) is 6.07 Å². The number of likely N-dealkylation sites (tertiary alicyclic amines) is 1. The summed E-state index contributed by atoms with van der Waals surface area (Å²) in [6.45, 7) is 3.88. The second-order valence-corrected chi connectivity index (χ2v) is 8.90. The molecule has 1 aromatic rings. The summed E-state index contributed by atoms with van der Waals surface area (Å²) in [5.41, 5.74) is 0.746. The van der Waals surface area contributed by atoms with Crippen molar-refractivity contribution in [1.82, 2.24) is 4.90 Å². The highest BCUT2D eigenvalue weighted by atomic mass is 16.3. The van der Waals surface area contributed by atoms with Gasteiger partial charge >= 0.3 is 0 Å². The molecule has 0 bridgehead atoms. The van der Waals surface area contributed by atoms with Gasteiger partial charge in [-0.2, -0.15) is 5.26 Å². The largest absolute Gasteiger partial charge is 0.378 e. The number of nitriles is 1. The number of hydrogen-bond donors (Lipinski definition) is 1. The van der Waals surface area contributed by atoms with E-state index in [0.29, 0.717) is 0 Å². The second-order valence-electron chi connectivity index (χ2n) is 8.90. The average Bonchev–Trinajstić information content (AvgIpc) is 2.78. The van der Waals surface area contributed by atoms with Gasteiger partial charge in [0.15, 0.2) is 0 Å². The van der Waals surface area contributed by atoms with Crippen molar-refractivity contribution in [3.05, 3.63) is 35.9 Å². The van der Waals surface area contributed by atoms with E-state index in [-0.39, 0.29) is 11.6 Å². The molecular formula is C26H42N2O. The standard InChI is InChI=1S/C26H42N2O/c1-2-3-4-5-6-7-8-9-10-11-15-18-25(29)28-21-19-26(23-27,20-22-28)24-16-13-12-14-17-24/h12-14,16-17,25,29H,2-11,15,18-22H2,1H3. The van der Waals surface area contributed by atoms with Crippen LogP contribution < -0.4 is 0 Å². The zero-order valence-electron chi connectivity index (χ0n) is 18.6. The lowest BCUT2D eigenvalue weighted by Gasteiger charge is -2.39. The molecule has 1 fully saturated rings. The van der Waals surface area contributed by atoms with E-state index in [9.17, 15) is 10.4 Å². The first kappa shape index (κ1) is 23.9. The van der Waals surface area contributed by atoms with Crippen LogP contribution >= 0.6 is 0 Å². The highest BCUT2D eigenvalue weighted by molar-refractivity contribution is 5.33. The fraction of sp³-hybridized carbons (Fsp3) is 0.731. The summed E-state index contributed by atoms with van der Waals surface area (Å²) >= 11 is 0. The lowest BCUT2D eigenvalue weighted by atomic mass is 9.74. The van der Waals surface area contributed by atoms with Crippen molar-refractivity contribution >= 4 is 0 Å². The Balaban J connectivity index is 1.55. The molecule has 3 nitrogen and oxygen atoms in total. The van der Waals surface area contributed by atoms with Crippen molar-refractivity contribution in [2.45, 2.75) is 108 Å². The summed E-state index contributed by atoms with van der Waals surface area (Å²) in [7, 11) is 0. The van der Waals surface area contributed by atoms with Gasteiger partial charge < -0.3 is 5.11 Å². The molecule has 0 spiro atoms. The SMILES string of the molecule is CCCCCCCCCCCCCC(O)N1CCC(C#N)(c2ccccc2)CC1. The molecular weight excluding hydrogens is 356 g/mol. The van der Waals surface area contributed by atoms with Crippen LogP contribution in [0.3, 0.4) is 0 Å². The maximum absolute atomic E-state index is 10.6. The summed E-state index contributed by atoms with van der Waals surface area (Å²) in [5, 5.41) is 20.4. The van der Waals surface area contributed by atoms with Gasteiger partial charge in [-0.1, -0.05) is 101 Å².